The van der Waals surface area contributed by atoms with Crippen LogP contribution in [0.15, 0.2) is 0 Å². The van der Waals surface area contributed by atoms with Gasteiger partial charge in [0.05, 0.1) is 31.5 Å². The van der Waals surface area contributed by atoms with Crippen molar-refractivity contribution in [3.05, 3.63) is 0 Å². The van der Waals surface area contributed by atoms with E-state index in [9.17, 15) is 80.1 Å². The van der Waals surface area contributed by atoms with Crippen LogP contribution < -0.4 is 21.3 Å². The number of nitrogens with one attached hydrogen (secondary N) is 4. The molecule has 0 unspecified atom stereocenters. The van der Waals surface area contributed by atoms with Gasteiger partial charge in [-0.2, -0.15) is 0 Å². The summed E-state index contributed by atoms with van der Waals surface area (Å²) in [6, 6.07) is -2.57. The van der Waals surface area contributed by atoms with Crippen molar-refractivity contribution >= 4 is 29.8 Å². The third-order valence-electron chi connectivity index (χ3n) is 12.1. The van der Waals surface area contributed by atoms with Crippen LogP contribution in [-0.2, 0) is 52.3 Å². The summed E-state index contributed by atoms with van der Waals surface area (Å²) < 4.78 is 38.8. The minimum Gasteiger partial charge on any atom is -0.477 e. The second-order valence-corrected chi connectivity index (χ2v) is 19.3. The fraction of sp³-hybridized carbons (Fsp3) is 0.889. The number of aliphatic carboxylic acids is 1. The van der Waals surface area contributed by atoms with Crippen LogP contribution in [0.1, 0.15) is 105 Å². The van der Waals surface area contributed by atoms with Gasteiger partial charge in [-0.05, 0) is 59.8 Å². The van der Waals surface area contributed by atoms with Crippen LogP contribution in [0.3, 0.4) is 0 Å². The molecule has 27 heteroatoms. The number of rotatable bonds is 29. The molecule has 4 amide bonds. The lowest BCUT2D eigenvalue weighted by molar-refractivity contribution is -0.369. The lowest BCUT2D eigenvalue weighted by atomic mass is 9.88. The van der Waals surface area contributed by atoms with Crippen molar-refractivity contribution < 1.29 is 113 Å². The first-order valence-corrected chi connectivity index (χ1v) is 24.5. The van der Waals surface area contributed by atoms with Crippen molar-refractivity contribution in [2.24, 2.45) is 0 Å². The summed E-state index contributed by atoms with van der Waals surface area (Å²) in [5, 5.41) is 124. The van der Waals surface area contributed by atoms with Crippen LogP contribution in [-0.4, -0.2) is 235 Å². The molecule has 3 aliphatic heterocycles. The first-order chi connectivity index (χ1) is 33.9. The van der Waals surface area contributed by atoms with Crippen molar-refractivity contribution in [1.82, 2.24) is 21.3 Å². The number of alkyl carbamates (subject to hydrolysis) is 1. The number of hydrogen-bond acceptors (Lipinski definition) is 22. The highest BCUT2D eigenvalue weighted by molar-refractivity contribution is 5.86. The third-order valence-corrected chi connectivity index (χ3v) is 12.1. The molecule has 17 atom stereocenters. The predicted molar refractivity (Wildman–Crippen MR) is 245 cm³/mol. The number of ether oxygens (including phenoxy) is 7. The predicted octanol–water partition coefficient (Wildman–Crippen LogP) is -4.15. The molecule has 0 aromatic heterocycles. The fourth-order valence-electron chi connectivity index (χ4n) is 8.15. The second-order valence-electron chi connectivity index (χ2n) is 19.3. The highest BCUT2D eigenvalue weighted by Gasteiger charge is 2.59. The summed E-state index contributed by atoms with van der Waals surface area (Å²) >= 11 is 0. The lowest BCUT2D eigenvalue weighted by Crippen LogP contribution is -2.70. The first kappa shape index (κ1) is 62.8. The Morgan fingerprint density at radius 2 is 1.35 bits per heavy atom. The van der Waals surface area contributed by atoms with Crippen molar-refractivity contribution in [2.75, 3.05) is 39.5 Å². The van der Waals surface area contributed by atoms with E-state index in [1.807, 2.05) is 0 Å². The number of carboxylic acid groups (broad SMARTS) is 1. The van der Waals surface area contributed by atoms with E-state index in [1.165, 1.54) is 0 Å². The van der Waals surface area contributed by atoms with Gasteiger partial charge >= 0.3 is 12.1 Å². The standard InChI is InChI=1S/C45H80N4O23/c1-23-31(56)34(59)35(60)40(68-23)66-18-12-9-7-11-17-47-39(62)25(49-43(65)72-44(3,4)5)14-15-29(55)46-16-10-6-8-13-19-67-41-36(61)38(33(58)28(22-51)69-41)71-45(42(63)64)20-26(53)30(48-24(2)52)37(70-45)32(57)27(54)21-50/h23,25-28,30-38,40-41,50-51,53-54,56-61H,6-22H2,1-5H3,(H,46,55)(H,47,62)(H,48,52)(H,49,65)(H,63,64)/t23-,25-,26-,27+,28+,30+,31+,32+,33-,34+,35-,36+,37+,38-,40+,41+,45-/m0/s1. The van der Waals surface area contributed by atoms with Gasteiger partial charge in [0.1, 0.15) is 72.7 Å². The summed E-state index contributed by atoms with van der Waals surface area (Å²) in [7, 11) is 0. The Morgan fingerprint density at radius 1 is 0.764 bits per heavy atom. The van der Waals surface area contributed by atoms with Crippen molar-refractivity contribution in [1.29, 1.82) is 0 Å². The largest absolute Gasteiger partial charge is 0.477 e. The summed E-state index contributed by atoms with van der Waals surface area (Å²) in [5.41, 5.74) is -0.841. The molecule has 3 fully saturated rings. The Hall–Kier alpha value is -3.49. The molecule has 0 aromatic carbocycles. The average Bonchev–Trinajstić information content (AvgIpc) is 3.31. The number of amides is 4. The summed E-state index contributed by atoms with van der Waals surface area (Å²) in [4.78, 5) is 63.1. The van der Waals surface area contributed by atoms with Crippen molar-refractivity contribution in [3.8, 4) is 0 Å². The molecule has 3 heterocycles. The number of aliphatic hydroxyl groups excluding tert-OH is 10. The fourth-order valence-corrected chi connectivity index (χ4v) is 8.15. The number of carbonyl (C=O) groups is 5. The highest BCUT2D eigenvalue weighted by atomic mass is 16.8. The van der Waals surface area contributed by atoms with E-state index in [2.05, 4.69) is 21.3 Å². The Kier molecular flexibility index (Phi) is 26.3. The maximum absolute atomic E-state index is 13.1. The number of hydrogen-bond donors (Lipinski definition) is 15. The van der Waals surface area contributed by atoms with E-state index < -0.39 is 153 Å². The molecule has 0 aromatic rings. The molecular formula is C45H80N4O23. The van der Waals surface area contributed by atoms with Gasteiger partial charge in [0.2, 0.25) is 17.7 Å². The van der Waals surface area contributed by atoms with Gasteiger partial charge in [0.25, 0.3) is 5.79 Å². The van der Waals surface area contributed by atoms with E-state index in [1.54, 1.807) is 27.7 Å². The zero-order chi connectivity index (χ0) is 53.9. The van der Waals surface area contributed by atoms with E-state index in [0.29, 0.717) is 51.4 Å². The Bertz CT molecular complexity index is 1680. The summed E-state index contributed by atoms with van der Waals surface area (Å²) in [5.74, 6) is -6.40. The zero-order valence-electron chi connectivity index (χ0n) is 41.6. The van der Waals surface area contributed by atoms with Crippen molar-refractivity contribution in [3.63, 3.8) is 0 Å². The van der Waals surface area contributed by atoms with Gasteiger partial charge in [-0.25, -0.2) is 9.59 Å². The molecule has 0 spiro atoms. The maximum atomic E-state index is 13.1. The van der Waals surface area contributed by atoms with Gasteiger partial charge in [-0.3, -0.25) is 14.4 Å². The van der Waals surface area contributed by atoms with E-state index in [0.717, 1.165) is 6.92 Å². The number of carbonyl (C=O) groups excluding carboxylic acids is 4. The van der Waals surface area contributed by atoms with Crippen LogP contribution in [0.2, 0.25) is 0 Å². The maximum Gasteiger partial charge on any atom is 0.408 e. The van der Waals surface area contributed by atoms with Gasteiger partial charge < -0.3 is 111 Å². The molecule has 3 aliphatic rings. The van der Waals surface area contributed by atoms with Gasteiger partial charge in [0.15, 0.2) is 12.6 Å². The Labute approximate surface area is 417 Å². The molecule has 3 saturated heterocycles. The van der Waals surface area contributed by atoms with Crippen LogP contribution >= 0.6 is 0 Å². The molecule has 0 radical (unpaired) electrons. The van der Waals surface area contributed by atoms with Crippen molar-refractivity contribution in [2.45, 2.75) is 215 Å². The van der Waals surface area contributed by atoms with Crippen LogP contribution in [0.5, 0.6) is 0 Å². The molecule has 0 saturated carbocycles. The summed E-state index contributed by atoms with van der Waals surface area (Å²) in [6.07, 6.45) is -19.4. The molecule has 0 aliphatic carbocycles. The SMILES string of the molecule is CC(=O)N[C@H]1[C@H]([C@H](O)[C@H](O)CO)O[C@@](O[C@H]2[C@@H](O)[C@@H](CO)O[C@@H](OCCCCCCNC(=O)CC[C@H](NC(=O)OC(C)(C)C)C(=O)NCCCCCCO[C@@H]3O[C@@H](C)[C@@H](O)[C@@H](O)[C@@H]3O)[C@@H]2O)(C(=O)O)C[C@@H]1O. The van der Waals surface area contributed by atoms with Gasteiger partial charge in [0, 0.05) is 46.1 Å². The monoisotopic (exact) mass is 1040 g/mol. The molecule has 418 valence electrons. The molecule has 0 bridgehead atoms. The number of unbranched alkanes of at least 4 members (excludes halogenated alkanes) is 6. The topological polar surface area (TPSA) is 421 Å². The highest BCUT2D eigenvalue weighted by Crippen LogP contribution is 2.37. The normalized spacial score (nSPS) is 32.2. The minimum absolute atomic E-state index is 0.0239. The number of aliphatic hydroxyl groups is 10. The molecule has 72 heavy (non-hydrogen) atoms. The Morgan fingerprint density at radius 3 is 1.90 bits per heavy atom. The van der Waals surface area contributed by atoms with Crippen LogP contribution in [0.4, 0.5) is 4.79 Å². The van der Waals surface area contributed by atoms with E-state index in [4.69, 9.17) is 33.2 Å². The molecular weight excluding hydrogens is 964 g/mol. The van der Waals surface area contributed by atoms with E-state index in [-0.39, 0.29) is 45.1 Å². The average molecular weight is 1050 g/mol. The lowest BCUT2D eigenvalue weighted by Gasteiger charge is -2.50. The summed E-state index contributed by atoms with van der Waals surface area (Å²) in [6.45, 7) is 6.55. The third kappa shape index (κ3) is 19.3. The Balaban J connectivity index is 1.43. The van der Waals surface area contributed by atoms with Gasteiger partial charge in [-0.1, -0.05) is 25.7 Å². The first-order valence-electron chi connectivity index (χ1n) is 24.5. The van der Waals surface area contributed by atoms with E-state index >= 15 is 0 Å². The zero-order valence-corrected chi connectivity index (χ0v) is 41.6. The quantitative estimate of drug-likeness (QED) is 0.0316. The number of carboxylic acids is 1. The van der Waals surface area contributed by atoms with Gasteiger partial charge in [-0.15, -0.1) is 0 Å². The molecule has 3 rings (SSSR count). The van der Waals surface area contributed by atoms with Crippen LogP contribution in [0, 0.1) is 0 Å². The minimum atomic E-state index is -2.93. The smallest absolute Gasteiger partial charge is 0.408 e. The second kappa shape index (κ2) is 30.2. The van der Waals surface area contributed by atoms with Crippen LogP contribution in [0.25, 0.3) is 0 Å². The molecule has 15 N–H and O–H groups in total. The molecule has 27 nitrogen and oxygen atoms in total.